The third-order valence-electron chi connectivity index (χ3n) is 2.52. The van der Waals surface area contributed by atoms with E-state index in [1.165, 1.54) is 12.1 Å². The second kappa shape index (κ2) is 4.83. The highest BCUT2D eigenvalue weighted by molar-refractivity contribution is 5.85. The van der Waals surface area contributed by atoms with Gasteiger partial charge in [0.25, 0.3) is 0 Å². The van der Waals surface area contributed by atoms with Crippen molar-refractivity contribution < 1.29 is 13.9 Å². The quantitative estimate of drug-likeness (QED) is 0.795. The summed E-state index contributed by atoms with van der Waals surface area (Å²) in [7, 11) is 0. The van der Waals surface area contributed by atoms with Crippen LogP contribution in [0.5, 0.6) is 5.75 Å². The first-order valence-corrected chi connectivity index (χ1v) is 5.26. The average molecular weight is 234 g/mol. The maximum Gasteiger partial charge on any atom is 0.166 e. The summed E-state index contributed by atoms with van der Waals surface area (Å²) in [5.74, 6) is 0.0269. The zero-order chi connectivity index (χ0) is 12.3. The molecule has 1 aliphatic heterocycles. The molecule has 2 rings (SSSR count). The van der Waals surface area contributed by atoms with Crippen molar-refractivity contribution in [3.05, 3.63) is 24.0 Å². The predicted molar refractivity (Wildman–Crippen MR) is 59.3 cm³/mol. The van der Waals surface area contributed by atoms with Crippen molar-refractivity contribution in [1.29, 1.82) is 5.26 Å². The molecule has 0 spiro atoms. The number of ketones is 1. The normalized spacial score (nSPS) is 13.5. The molecule has 4 nitrogen and oxygen atoms in total. The first kappa shape index (κ1) is 11.4. The van der Waals surface area contributed by atoms with E-state index in [9.17, 15) is 9.18 Å². The van der Waals surface area contributed by atoms with E-state index >= 15 is 0 Å². The lowest BCUT2D eigenvalue weighted by Gasteiger charge is -2.30. The second-order valence-corrected chi connectivity index (χ2v) is 3.76. The van der Waals surface area contributed by atoms with Gasteiger partial charge in [0.05, 0.1) is 31.3 Å². The molecule has 0 bridgehead atoms. The van der Waals surface area contributed by atoms with Gasteiger partial charge in [-0.2, -0.15) is 5.26 Å². The Hall–Kier alpha value is -2.09. The average Bonchev–Trinajstić information content (AvgIpc) is 2.30. The Bertz CT molecular complexity index is 482. The molecule has 0 aromatic heterocycles. The van der Waals surface area contributed by atoms with E-state index < -0.39 is 0 Å². The van der Waals surface area contributed by atoms with E-state index in [0.717, 1.165) is 0 Å². The standard InChI is InChI=1S/C12H11FN2O2/c13-9-1-2-12-11(7-9)15(5-6-17-12)8-10(16)3-4-14/h1-2,7H,3,5-6,8H2. The number of halogens is 1. The lowest BCUT2D eigenvalue weighted by atomic mass is 10.2. The van der Waals surface area contributed by atoms with Gasteiger partial charge in [0.1, 0.15) is 18.2 Å². The Morgan fingerprint density at radius 3 is 3.18 bits per heavy atom. The molecule has 88 valence electrons. The lowest BCUT2D eigenvalue weighted by Crippen LogP contribution is -2.36. The van der Waals surface area contributed by atoms with E-state index in [-0.39, 0.29) is 24.6 Å². The largest absolute Gasteiger partial charge is 0.490 e. The highest BCUT2D eigenvalue weighted by atomic mass is 19.1. The molecule has 1 aromatic rings. The minimum Gasteiger partial charge on any atom is -0.490 e. The minimum absolute atomic E-state index is 0.118. The maximum atomic E-state index is 13.1. The van der Waals surface area contributed by atoms with Crippen LogP contribution in [-0.2, 0) is 4.79 Å². The molecule has 1 aromatic carbocycles. The van der Waals surface area contributed by atoms with Gasteiger partial charge in [-0.1, -0.05) is 0 Å². The minimum atomic E-state index is -0.369. The fourth-order valence-electron chi connectivity index (χ4n) is 1.77. The molecule has 0 fully saturated rings. The first-order chi connectivity index (χ1) is 8.20. The summed E-state index contributed by atoms with van der Waals surface area (Å²) in [4.78, 5) is 13.1. The smallest absolute Gasteiger partial charge is 0.166 e. The summed E-state index contributed by atoms with van der Waals surface area (Å²) < 4.78 is 18.5. The topological polar surface area (TPSA) is 53.3 Å². The van der Waals surface area contributed by atoms with Crippen molar-refractivity contribution in [2.45, 2.75) is 6.42 Å². The van der Waals surface area contributed by atoms with Gasteiger partial charge in [-0.3, -0.25) is 4.79 Å². The van der Waals surface area contributed by atoms with E-state index in [1.54, 1.807) is 11.0 Å². The van der Waals surface area contributed by atoms with Crippen LogP contribution in [0, 0.1) is 17.1 Å². The molecule has 0 saturated carbocycles. The van der Waals surface area contributed by atoms with Crippen molar-refractivity contribution in [1.82, 2.24) is 0 Å². The van der Waals surface area contributed by atoms with Crippen LogP contribution in [0.4, 0.5) is 10.1 Å². The molecule has 0 atom stereocenters. The van der Waals surface area contributed by atoms with Crippen molar-refractivity contribution in [2.24, 2.45) is 0 Å². The Morgan fingerprint density at radius 2 is 2.41 bits per heavy atom. The maximum absolute atomic E-state index is 13.1. The van der Waals surface area contributed by atoms with Crippen molar-refractivity contribution in [3.8, 4) is 11.8 Å². The van der Waals surface area contributed by atoms with Gasteiger partial charge in [-0.15, -0.1) is 0 Å². The number of hydrogen-bond acceptors (Lipinski definition) is 4. The second-order valence-electron chi connectivity index (χ2n) is 3.76. The van der Waals surface area contributed by atoms with Crippen molar-refractivity contribution in [3.63, 3.8) is 0 Å². The summed E-state index contributed by atoms with van der Waals surface area (Å²) in [5.41, 5.74) is 0.572. The summed E-state index contributed by atoms with van der Waals surface area (Å²) in [6.07, 6.45) is -0.123. The van der Waals surface area contributed by atoms with Crippen molar-refractivity contribution in [2.75, 3.05) is 24.6 Å². The highest BCUT2D eigenvalue weighted by Crippen LogP contribution is 2.31. The van der Waals surface area contributed by atoms with Gasteiger partial charge in [0.2, 0.25) is 0 Å². The van der Waals surface area contributed by atoms with Gasteiger partial charge >= 0.3 is 0 Å². The number of hydrogen-bond donors (Lipinski definition) is 0. The van der Waals surface area contributed by atoms with Crippen LogP contribution in [-0.4, -0.2) is 25.5 Å². The van der Waals surface area contributed by atoms with E-state index in [0.29, 0.717) is 24.6 Å². The number of benzene rings is 1. The Labute approximate surface area is 98.2 Å². The third kappa shape index (κ3) is 2.53. The summed E-state index contributed by atoms with van der Waals surface area (Å²) in [5, 5.41) is 8.43. The monoisotopic (exact) mass is 234 g/mol. The zero-order valence-corrected chi connectivity index (χ0v) is 9.15. The molecule has 5 heteroatoms. The Morgan fingerprint density at radius 1 is 1.59 bits per heavy atom. The molecule has 0 saturated heterocycles. The van der Waals surface area contributed by atoms with Gasteiger partial charge in [0.15, 0.2) is 5.78 Å². The van der Waals surface area contributed by atoms with Gasteiger partial charge in [-0.25, -0.2) is 4.39 Å². The SMILES string of the molecule is N#CCC(=O)CN1CCOc2ccc(F)cc21. The van der Waals surface area contributed by atoms with Gasteiger partial charge < -0.3 is 9.64 Å². The number of fused-ring (bicyclic) bond motifs is 1. The van der Waals surface area contributed by atoms with E-state index in [4.69, 9.17) is 10.00 Å². The fourth-order valence-corrected chi connectivity index (χ4v) is 1.77. The van der Waals surface area contributed by atoms with E-state index in [1.807, 2.05) is 6.07 Å². The number of Topliss-reactive ketones (excluding diaryl/α,β-unsaturated/α-hetero) is 1. The fraction of sp³-hybridized carbons (Fsp3) is 0.333. The van der Waals surface area contributed by atoms with Gasteiger partial charge in [0, 0.05) is 6.07 Å². The molecule has 1 aliphatic rings. The molecule has 1 heterocycles. The van der Waals surface area contributed by atoms with Crippen LogP contribution < -0.4 is 9.64 Å². The van der Waals surface area contributed by atoms with Crippen LogP contribution in [0.1, 0.15) is 6.42 Å². The summed E-state index contributed by atoms with van der Waals surface area (Å²) in [6, 6.07) is 6.02. The predicted octanol–water partition coefficient (Wildman–Crippen LogP) is 1.51. The van der Waals surface area contributed by atoms with Crippen LogP contribution in [0.2, 0.25) is 0 Å². The van der Waals surface area contributed by atoms with Gasteiger partial charge in [-0.05, 0) is 12.1 Å². The third-order valence-corrected chi connectivity index (χ3v) is 2.52. The number of rotatable bonds is 3. The van der Waals surface area contributed by atoms with Crippen LogP contribution in [0.25, 0.3) is 0 Å². The van der Waals surface area contributed by atoms with Crippen LogP contribution in [0.3, 0.4) is 0 Å². The number of carbonyl (C=O) groups excluding carboxylic acids is 1. The Balaban J connectivity index is 2.19. The number of anilines is 1. The first-order valence-electron chi connectivity index (χ1n) is 5.26. The van der Waals surface area contributed by atoms with Crippen LogP contribution in [0.15, 0.2) is 18.2 Å². The van der Waals surface area contributed by atoms with Crippen molar-refractivity contribution >= 4 is 11.5 Å². The molecule has 0 unspecified atom stereocenters. The number of nitrogens with zero attached hydrogens (tertiary/aromatic N) is 2. The molecule has 0 aliphatic carbocycles. The molecule has 0 radical (unpaired) electrons. The zero-order valence-electron chi connectivity index (χ0n) is 9.15. The molecular weight excluding hydrogens is 223 g/mol. The summed E-state index contributed by atoms with van der Waals surface area (Å²) >= 11 is 0. The number of ether oxygens (including phenoxy) is 1. The molecule has 0 amide bonds. The number of nitriles is 1. The molecule has 17 heavy (non-hydrogen) atoms. The number of carbonyl (C=O) groups is 1. The molecular formula is C12H11FN2O2. The van der Waals surface area contributed by atoms with Crippen LogP contribution >= 0.6 is 0 Å². The highest BCUT2D eigenvalue weighted by Gasteiger charge is 2.20. The lowest BCUT2D eigenvalue weighted by molar-refractivity contribution is -0.116. The molecule has 0 N–H and O–H groups in total. The Kier molecular flexibility index (Phi) is 3.24. The summed E-state index contributed by atoms with van der Waals surface area (Å²) in [6.45, 7) is 1.10. The van der Waals surface area contributed by atoms with E-state index in [2.05, 4.69) is 0 Å².